The van der Waals surface area contributed by atoms with Crippen LogP contribution in [0, 0.1) is 20.8 Å². The van der Waals surface area contributed by atoms with Crippen LogP contribution in [0.1, 0.15) is 22.3 Å². The van der Waals surface area contributed by atoms with Gasteiger partial charge in [-0.25, -0.2) is 4.79 Å². The molecule has 0 fully saturated rings. The Morgan fingerprint density at radius 3 is 2.23 bits per heavy atom. The zero-order valence-corrected chi connectivity index (χ0v) is 15.6. The molecular weight excluding hydrogens is 354 g/mol. The Balaban J connectivity index is 2.04. The zero-order valence-electron chi connectivity index (χ0n) is 14.8. The van der Waals surface area contributed by atoms with Crippen LogP contribution in [0.3, 0.4) is 0 Å². The highest BCUT2D eigenvalue weighted by atomic mass is 35.5. The van der Waals surface area contributed by atoms with Gasteiger partial charge in [0.1, 0.15) is 11.4 Å². The second-order valence-electron chi connectivity index (χ2n) is 5.98. The highest BCUT2D eigenvalue weighted by molar-refractivity contribution is 6.32. The SMILES string of the molecule is Cc1ccc(/C=C(/NC(=O)COc2cc(C)c(Cl)c(C)c2)C(=O)O)cc1. The van der Waals surface area contributed by atoms with Crippen LogP contribution in [-0.4, -0.2) is 23.6 Å². The predicted molar refractivity (Wildman–Crippen MR) is 101 cm³/mol. The number of benzene rings is 2. The minimum Gasteiger partial charge on any atom is -0.484 e. The number of nitrogens with one attached hydrogen (secondary N) is 1. The molecule has 0 atom stereocenters. The molecule has 0 spiro atoms. The first kappa shape index (κ1) is 19.5. The maximum absolute atomic E-state index is 12.0. The molecule has 2 rings (SSSR count). The Hall–Kier alpha value is -2.79. The van der Waals surface area contributed by atoms with E-state index in [2.05, 4.69) is 5.32 Å². The van der Waals surface area contributed by atoms with Crippen LogP contribution >= 0.6 is 11.6 Å². The van der Waals surface area contributed by atoms with E-state index >= 15 is 0 Å². The molecule has 26 heavy (non-hydrogen) atoms. The van der Waals surface area contributed by atoms with Gasteiger partial charge in [0.25, 0.3) is 5.91 Å². The molecule has 2 aromatic carbocycles. The van der Waals surface area contributed by atoms with Gasteiger partial charge in [-0.05, 0) is 55.7 Å². The van der Waals surface area contributed by atoms with Crippen molar-refractivity contribution in [3.63, 3.8) is 0 Å². The third-order valence-electron chi connectivity index (χ3n) is 3.67. The highest BCUT2D eigenvalue weighted by Gasteiger charge is 2.13. The van der Waals surface area contributed by atoms with Crippen molar-refractivity contribution >= 4 is 29.6 Å². The first-order valence-electron chi connectivity index (χ1n) is 7.97. The zero-order chi connectivity index (χ0) is 19.3. The fourth-order valence-electron chi connectivity index (χ4n) is 2.31. The second-order valence-corrected chi connectivity index (χ2v) is 6.36. The minimum atomic E-state index is -1.22. The molecule has 0 bridgehead atoms. The second kappa shape index (κ2) is 8.54. The van der Waals surface area contributed by atoms with Crippen molar-refractivity contribution < 1.29 is 19.4 Å². The van der Waals surface area contributed by atoms with Crippen molar-refractivity contribution in [2.45, 2.75) is 20.8 Å². The number of hydrogen-bond acceptors (Lipinski definition) is 3. The van der Waals surface area contributed by atoms with Crippen LogP contribution < -0.4 is 10.1 Å². The van der Waals surface area contributed by atoms with Gasteiger partial charge in [-0.15, -0.1) is 0 Å². The van der Waals surface area contributed by atoms with Crippen molar-refractivity contribution in [2.75, 3.05) is 6.61 Å². The van der Waals surface area contributed by atoms with Gasteiger partial charge < -0.3 is 15.2 Å². The standard InChI is InChI=1S/C20H20ClNO4/c1-12-4-6-15(7-5-12)10-17(20(24)25)22-18(23)11-26-16-8-13(2)19(21)14(3)9-16/h4-10H,11H2,1-3H3,(H,22,23)(H,24,25)/b17-10+. The fraction of sp³-hybridized carbons (Fsp3) is 0.200. The third-order valence-corrected chi connectivity index (χ3v) is 4.27. The van der Waals surface area contributed by atoms with Gasteiger partial charge in [0.2, 0.25) is 0 Å². The molecule has 0 heterocycles. The van der Waals surface area contributed by atoms with Crippen molar-refractivity contribution in [2.24, 2.45) is 0 Å². The molecule has 0 aliphatic carbocycles. The Labute approximate surface area is 157 Å². The summed E-state index contributed by atoms with van der Waals surface area (Å²) in [5.41, 5.74) is 3.20. The van der Waals surface area contributed by atoms with Gasteiger partial charge in [-0.1, -0.05) is 41.4 Å². The van der Waals surface area contributed by atoms with Crippen LogP contribution in [0.4, 0.5) is 0 Å². The lowest BCUT2D eigenvalue weighted by molar-refractivity contribution is -0.134. The molecule has 136 valence electrons. The largest absolute Gasteiger partial charge is 0.484 e. The number of aliphatic carboxylic acids is 1. The molecule has 2 aromatic rings. The maximum Gasteiger partial charge on any atom is 0.352 e. The molecule has 5 nitrogen and oxygen atoms in total. The van der Waals surface area contributed by atoms with E-state index in [1.165, 1.54) is 6.08 Å². The summed E-state index contributed by atoms with van der Waals surface area (Å²) in [6.45, 7) is 5.31. The smallest absolute Gasteiger partial charge is 0.352 e. The van der Waals surface area contributed by atoms with Gasteiger partial charge in [0, 0.05) is 5.02 Å². The topological polar surface area (TPSA) is 75.6 Å². The van der Waals surface area contributed by atoms with E-state index in [4.69, 9.17) is 16.3 Å². The summed E-state index contributed by atoms with van der Waals surface area (Å²) in [6.07, 6.45) is 1.40. The number of ether oxygens (including phenoxy) is 1. The molecule has 0 saturated carbocycles. The molecule has 2 N–H and O–H groups in total. The normalized spacial score (nSPS) is 11.2. The maximum atomic E-state index is 12.0. The van der Waals surface area contributed by atoms with Crippen LogP contribution in [0.25, 0.3) is 6.08 Å². The van der Waals surface area contributed by atoms with Crippen LogP contribution in [0.2, 0.25) is 5.02 Å². The van der Waals surface area contributed by atoms with E-state index in [9.17, 15) is 14.7 Å². The molecule has 6 heteroatoms. The molecular formula is C20H20ClNO4. The Kier molecular flexibility index (Phi) is 6.41. The van der Waals surface area contributed by atoms with Gasteiger partial charge in [0.05, 0.1) is 0 Å². The van der Waals surface area contributed by atoms with Crippen molar-refractivity contribution in [3.05, 3.63) is 69.4 Å². The summed E-state index contributed by atoms with van der Waals surface area (Å²) in [5.74, 6) is -1.29. The number of carboxylic acids is 1. The summed E-state index contributed by atoms with van der Waals surface area (Å²) in [5, 5.41) is 12.3. The van der Waals surface area contributed by atoms with Gasteiger partial charge in [-0.2, -0.15) is 0 Å². The summed E-state index contributed by atoms with van der Waals surface area (Å²) >= 11 is 6.10. The minimum absolute atomic E-state index is 0.217. The number of carboxylic acid groups (broad SMARTS) is 1. The lowest BCUT2D eigenvalue weighted by Gasteiger charge is -2.11. The third kappa shape index (κ3) is 5.36. The van der Waals surface area contributed by atoms with E-state index in [-0.39, 0.29) is 12.3 Å². The molecule has 0 saturated heterocycles. The summed E-state index contributed by atoms with van der Waals surface area (Å²) in [4.78, 5) is 23.4. The van der Waals surface area contributed by atoms with E-state index in [1.807, 2.05) is 32.9 Å². The van der Waals surface area contributed by atoms with E-state index < -0.39 is 11.9 Å². The molecule has 1 amide bonds. The first-order chi connectivity index (χ1) is 12.3. The average Bonchev–Trinajstić information content (AvgIpc) is 2.59. The molecule has 0 unspecified atom stereocenters. The number of aryl methyl sites for hydroxylation is 3. The lowest BCUT2D eigenvalue weighted by atomic mass is 10.1. The number of carbonyl (C=O) groups is 2. The van der Waals surface area contributed by atoms with Crippen molar-refractivity contribution in [1.82, 2.24) is 5.32 Å². The lowest BCUT2D eigenvalue weighted by Crippen LogP contribution is -2.31. The average molecular weight is 374 g/mol. The molecule has 0 aromatic heterocycles. The van der Waals surface area contributed by atoms with E-state index in [0.717, 1.165) is 16.7 Å². The van der Waals surface area contributed by atoms with Crippen molar-refractivity contribution in [1.29, 1.82) is 0 Å². The number of carbonyl (C=O) groups excluding carboxylic acids is 1. The van der Waals surface area contributed by atoms with Gasteiger partial charge in [-0.3, -0.25) is 4.79 Å². The van der Waals surface area contributed by atoms with Gasteiger partial charge in [0.15, 0.2) is 6.61 Å². The number of halogens is 1. The predicted octanol–water partition coefficient (Wildman–Crippen LogP) is 3.89. The molecule has 0 aliphatic rings. The first-order valence-corrected chi connectivity index (χ1v) is 8.35. The summed E-state index contributed by atoms with van der Waals surface area (Å²) in [7, 11) is 0. The van der Waals surface area contributed by atoms with Crippen LogP contribution in [-0.2, 0) is 9.59 Å². The van der Waals surface area contributed by atoms with Crippen LogP contribution in [0.5, 0.6) is 5.75 Å². The van der Waals surface area contributed by atoms with E-state index in [0.29, 0.717) is 16.3 Å². The fourth-order valence-corrected chi connectivity index (χ4v) is 2.41. The summed E-state index contributed by atoms with van der Waals surface area (Å²) in [6, 6.07) is 10.7. The molecule has 0 aliphatic heterocycles. The monoisotopic (exact) mass is 373 g/mol. The summed E-state index contributed by atoms with van der Waals surface area (Å²) < 4.78 is 5.44. The van der Waals surface area contributed by atoms with E-state index in [1.54, 1.807) is 24.3 Å². The van der Waals surface area contributed by atoms with Crippen LogP contribution in [0.15, 0.2) is 42.1 Å². The Bertz CT molecular complexity index is 834. The number of rotatable bonds is 6. The quantitative estimate of drug-likeness (QED) is 0.753. The number of amides is 1. The highest BCUT2D eigenvalue weighted by Crippen LogP contribution is 2.25. The van der Waals surface area contributed by atoms with Gasteiger partial charge >= 0.3 is 5.97 Å². The Morgan fingerprint density at radius 1 is 1.12 bits per heavy atom. The van der Waals surface area contributed by atoms with Crippen molar-refractivity contribution in [3.8, 4) is 5.75 Å². The number of hydrogen-bond donors (Lipinski definition) is 2. The Morgan fingerprint density at radius 2 is 1.69 bits per heavy atom. The molecule has 0 radical (unpaired) electrons.